The molecule has 0 amide bonds. The lowest BCUT2D eigenvalue weighted by Crippen LogP contribution is -2.47. The van der Waals surface area contributed by atoms with Crippen molar-refractivity contribution in [2.45, 2.75) is 76.5 Å². The van der Waals surface area contributed by atoms with E-state index < -0.39 is 0 Å². The molecule has 1 unspecified atom stereocenters. The van der Waals surface area contributed by atoms with Crippen molar-refractivity contribution in [1.29, 1.82) is 0 Å². The number of ether oxygens (including phenoxy) is 3. The molecule has 0 aromatic heterocycles. The largest absolute Gasteiger partial charge is 0.493 e. The molecule has 0 bridgehead atoms. The summed E-state index contributed by atoms with van der Waals surface area (Å²) in [5.74, 6) is 1.50. The van der Waals surface area contributed by atoms with E-state index in [0.29, 0.717) is 6.04 Å². The molecule has 3 rings (SSSR count). The monoisotopic (exact) mass is 420 g/mol. The van der Waals surface area contributed by atoms with Crippen LogP contribution in [0.25, 0.3) is 0 Å². The molecule has 0 radical (unpaired) electrons. The molecular weight excluding hydrogens is 384 g/mol. The number of rotatable bonds is 7. The lowest BCUT2D eigenvalue weighted by Gasteiger charge is -2.31. The van der Waals surface area contributed by atoms with E-state index in [2.05, 4.69) is 16.3 Å². The SMILES string of the molecule is COc1ccc(CN(CC2CCCO2)C(=S)NC2CCCCCCC2)cc1OC. The van der Waals surface area contributed by atoms with Gasteiger partial charge in [0.15, 0.2) is 16.6 Å². The van der Waals surface area contributed by atoms with Crippen LogP contribution in [0.15, 0.2) is 18.2 Å². The van der Waals surface area contributed by atoms with Crippen molar-refractivity contribution in [2.24, 2.45) is 0 Å². The Kier molecular flexibility index (Phi) is 8.87. The second kappa shape index (κ2) is 11.6. The van der Waals surface area contributed by atoms with Crippen LogP contribution in [0.3, 0.4) is 0 Å². The summed E-state index contributed by atoms with van der Waals surface area (Å²) in [6.45, 7) is 2.42. The zero-order valence-corrected chi connectivity index (χ0v) is 18.8. The summed E-state index contributed by atoms with van der Waals surface area (Å²) in [4.78, 5) is 2.27. The van der Waals surface area contributed by atoms with Gasteiger partial charge in [-0.2, -0.15) is 0 Å². The summed E-state index contributed by atoms with van der Waals surface area (Å²) in [7, 11) is 3.34. The Morgan fingerprint density at radius 1 is 1.03 bits per heavy atom. The minimum atomic E-state index is 0.257. The fourth-order valence-electron chi connectivity index (χ4n) is 4.32. The van der Waals surface area contributed by atoms with Gasteiger partial charge in [-0.05, 0) is 55.6 Å². The number of thiocarbonyl (C=S) groups is 1. The van der Waals surface area contributed by atoms with E-state index in [-0.39, 0.29) is 6.10 Å². The smallest absolute Gasteiger partial charge is 0.169 e. The highest BCUT2D eigenvalue weighted by Gasteiger charge is 2.23. The number of nitrogens with zero attached hydrogens (tertiary/aromatic N) is 1. The highest BCUT2D eigenvalue weighted by atomic mass is 32.1. The Bertz CT molecular complexity index is 641. The maximum Gasteiger partial charge on any atom is 0.169 e. The summed E-state index contributed by atoms with van der Waals surface area (Å²) in [6, 6.07) is 6.58. The van der Waals surface area contributed by atoms with E-state index in [9.17, 15) is 0 Å². The molecule has 2 aliphatic rings. The topological polar surface area (TPSA) is 43.0 Å². The third kappa shape index (κ3) is 6.75. The van der Waals surface area contributed by atoms with Gasteiger partial charge in [0.1, 0.15) is 0 Å². The van der Waals surface area contributed by atoms with Crippen LogP contribution in [0.1, 0.15) is 63.4 Å². The standard InChI is InChI=1S/C23H36N2O3S/c1-26-21-13-12-18(15-22(21)27-2)16-25(17-20-11-8-14-28-20)23(29)24-19-9-6-4-3-5-7-10-19/h12-13,15,19-20H,3-11,14,16-17H2,1-2H3,(H,24,29). The van der Waals surface area contributed by atoms with Crippen molar-refractivity contribution in [3.8, 4) is 11.5 Å². The molecular formula is C23H36N2O3S. The third-order valence-electron chi connectivity index (χ3n) is 5.99. The number of hydrogen-bond acceptors (Lipinski definition) is 4. The molecule has 1 heterocycles. The van der Waals surface area contributed by atoms with Gasteiger partial charge >= 0.3 is 0 Å². The molecule has 1 N–H and O–H groups in total. The molecule has 0 spiro atoms. The minimum absolute atomic E-state index is 0.257. The van der Waals surface area contributed by atoms with E-state index in [1.165, 1.54) is 44.9 Å². The summed E-state index contributed by atoms with van der Waals surface area (Å²) in [6.07, 6.45) is 11.6. The Morgan fingerprint density at radius 2 is 1.76 bits per heavy atom. The van der Waals surface area contributed by atoms with Crippen molar-refractivity contribution in [2.75, 3.05) is 27.4 Å². The molecule has 1 aliphatic carbocycles. The van der Waals surface area contributed by atoms with E-state index in [0.717, 1.165) is 54.7 Å². The first kappa shape index (κ1) is 22.2. The zero-order chi connectivity index (χ0) is 20.5. The first-order chi connectivity index (χ1) is 14.2. The summed E-state index contributed by atoms with van der Waals surface area (Å²) in [5.41, 5.74) is 1.16. The molecule has 1 atom stereocenters. The van der Waals surface area contributed by atoms with E-state index in [4.69, 9.17) is 26.4 Å². The average Bonchev–Trinajstić information content (AvgIpc) is 3.22. The fraction of sp³-hybridized carbons (Fsp3) is 0.696. The van der Waals surface area contributed by atoms with Gasteiger partial charge in [-0.1, -0.05) is 38.2 Å². The molecule has 2 fully saturated rings. The van der Waals surface area contributed by atoms with Gasteiger partial charge in [0.25, 0.3) is 0 Å². The van der Waals surface area contributed by atoms with Crippen molar-refractivity contribution in [3.63, 3.8) is 0 Å². The van der Waals surface area contributed by atoms with Crippen LogP contribution in [-0.4, -0.2) is 49.5 Å². The van der Waals surface area contributed by atoms with Crippen LogP contribution in [0, 0.1) is 0 Å². The van der Waals surface area contributed by atoms with Crippen molar-refractivity contribution in [3.05, 3.63) is 23.8 Å². The lowest BCUT2D eigenvalue weighted by atomic mass is 9.97. The van der Waals surface area contributed by atoms with Gasteiger partial charge in [-0.25, -0.2) is 0 Å². The van der Waals surface area contributed by atoms with E-state index in [1.807, 2.05) is 12.1 Å². The third-order valence-corrected chi connectivity index (χ3v) is 6.37. The van der Waals surface area contributed by atoms with Crippen molar-refractivity contribution < 1.29 is 14.2 Å². The van der Waals surface area contributed by atoms with Crippen LogP contribution in [0.5, 0.6) is 11.5 Å². The first-order valence-electron chi connectivity index (χ1n) is 11.1. The minimum Gasteiger partial charge on any atom is -0.493 e. The highest BCUT2D eigenvalue weighted by molar-refractivity contribution is 7.80. The van der Waals surface area contributed by atoms with E-state index in [1.54, 1.807) is 14.2 Å². The van der Waals surface area contributed by atoms with Gasteiger partial charge in [0.2, 0.25) is 0 Å². The zero-order valence-electron chi connectivity index (χ0n) is 18.0. The molecule has 29 heavy (non-hydrogen) atoms. The first-order valence-corrected chi connectivity index (χ1v) is 11.5. The van der Waals surface area contributed by atoms with Gasteiger partial charge in [-0.15, -0.1) is 0 Å². The van der Waals surface area contributed by atoms with Crippen LogP contribution in [-0.2, 0) is 11.3 Å². The van der Waals surface area contributed by atoms with Crippen LogP contribution >= 0.6 is 12.2 Å². The fourth-order valence-corrected chi connectivity index (χ4v) is 4.62. The predicted octanol–water partition coefficient (Wildman–Crippen LogP) is 4.67. The van der Waals surface area contributed by atoms with Crippen LogP contribution < -0.4 is 14.8 Å². The van der Waals surface area contributed by atoms with Gasteiger partial charge < -0.3 is 24.4 Å². The summed E-state index contributed by atoms with van der Waals surface area (Å²) in [5, 5.41) is 4.53. The molecule has 1 aliphatic heterocycles. The Morgan fingerprint density at radius 3 is 2.41 bits per heavy atom. The summed E-state index contributed by atoms with van der Waals surface area (Å²) >= 11 is 5.88. The number of nitrogens with one attached hydrogen (secondary N) is 1. The second-order valence-corrected chi connectivity index (χ2v) is 8.58. The second-order valence-electron chi connectivity index (χ2n) is 8.20. The maximum absolute atomic E-state index is 5.91. The van der Waals surface area contributed by atoms with Crippen molar-refractivity contribution >= 4 is 17.3 Å². The Labute approximate surface area is 181 Å². The van der Waals surface area contributed by atoms with Gasteiger partial charge in [0.05, 0.1) is 20.3 Å². The molecule has 5 nitrogen and oxygen atoms in total. The van der Waals surface area contributed by atoms with E-state index >= 15 is 0 Å². The molecule has 162 valence electrons. The van der Waals surface area contributed by atoms with Gasteiger partial charge in [-0.3, -0.25) is 0 Å². The van der Waals surface area contributed by atoms with Gasteiger partial charge in [0, 0.05) is 25.7 Å². The molecule has 1 saturated heterocycles. The Hall–Kier alpha value is -1.53. The molecule has 6 heteroatoms. The number of methoxy groups -OCH3 is 2. The van der Waals surface area contributed by atoms with Crippen LogP contribution in [0.4, 0.5) is 0 Å². The summed E-state index contributed by atoms with van der Waals surface area (Å²) < 4.78 is 16.8. The molecule has 1 aromatic rings. The predicted molar refractivity (Wildman–Crippen MR) is 121 cm³/mol. The molecule has 1 saturated carbocycles. The number of hydrogen-bond donors (Lipinski definition) is 1. The highest BCUT2D eigenvalue weighted by Crippen LogP contribution is 2.28. The lowest BCUT2D eigenvalue weighted by molar-refractivity contribution is 0.0895. The normalized spacial score (nSPS) is 20.6. The van der Waals surface area contributed by atoms with Crippen LogP contribution in [0.2, 0.25) is 0 Å². The Balaban J connectivity index is 1.68. The number of benzene rings is 1. The molecule has 1 aromatic carbocycles. The maximum atomic E-state index is 5.91. The van der Waals surface area contributed by atoms with Crippen molar-refractivity contribution in [1.82, 2.24) is 10.2 Å². The quantitative estimate of drug-likeness (QED) is 0.647. The average molecular weight is 421 g/mol.